The fourth-order valence-electron chi connectivity index (χ4n) is 3.20. The third kappa shape index (κ3) is 4.81. The summed E-state index contributed by atoms with van der Waals surface area (Å²) in [5, 5.41) is 3.61. The van der Waals surface area contributed by atoms with Gasteiger partial charge in [-0.25, -0.2) is 0 Å². The molecule has 1 aliphatic rings. The Morgan fingerprint density at radius 2 is 1.63 bits per heavy atom. The first-order valence-corrected chi connectivity index (χ1v) is 10.7. The third-order valence-corrected chi connectivity index (χ3v) is 6.25. The number of piperazine rings is 1. The average molecular weight is 429 g/mol. The number of nitrogens with two attached hydrogens (primary N) is 1. The molecule has 0 radical (unpaired) electrons. The van der Waals surface area contributed by atoms with Crippen LogP contribution in [0.5, 0.6) is 0 Å². The molecule has 3 rings (SSSR count). The fraction of sp³-hybridized carbons (Fsp3) is 0.409. The van der Waals surface area contributed by atoms with Gasteiger partial charge in [0.1, 0.15) is 0 Å². The van der Waals surface area contributed by atoms with Crippen molar-refractivity contribution in [2.75, 3.05) is 36.4 Å². The van der Waals surface area contributed by atoms with Crippen LogP contribution in [0.2, 0.25) is 0 Å². The highest BCUT2D eigenvalue weighted by Crippen LogP contribution is 2.30. The van der Waals surface area contributed by atoms with Gasteiger partial charge < -0.3 is 20.9 Å². The minimum Gasteiger partial charge on any atom is -0.368 e. The van der Waals surface area contributed by atoms with Crippen molar-refractivity contribution in [3.63, 3.8) is 0 Å². The van der Waals surface area contributed by atoms with Crippen LogP contribution in [0.3, 0.4) is 0 Å². The van der Waals surface area contributed by atoms with E-state index < -0.39 is 11.3 Å². The molecule has 0 saturated carbocycles. The summed E-state index contributed by atoms with van der Waals surface area (Å²) in [5.41, 5.74) is 7.16. The van der Waals surface area contributed by atoms with Crippen LogP contribution in [0.15, 0.2) is 30.3 Å². The maximum Gasteiger partial charge on any atom is 0.264 e. The molecule has 1 aliphatic heterocycles. The number of anilines is 2. The number of benzene rings is 1. The number of rotatable bonds is 4. The van der Waals surface area contributed by atoms with Gasteiger partial charge in [0, 0.05) is 42.8 Å². The maximum atomic E-state index is 13.0. The molecule has 1 fully saturated rings. The summed E-state index contributed by atoms with van der Waals surface area (Å²) < 4.78 is 0. The van der Waals surface area contributed by atoms with Gasteiger partial charge in [0.2, 0.25) is 11.8 Å². The number of primary amides is 1. The highest BCUT2D eigenvalue weighted by Gasteiger charge is 2.26. The van der Waals surface area contributed by atoms with E-state index in [9.17, 15) is 14.4 Å². The number of nitrogens with zero attached hydrogens (tertiary/aromatic N) is 2. The first-order chi connectivity index (χ1) is 14.1. The predicted octanol–water partition coefficient (Wildman–Crippen LogP) is 3.10. The molecule has 30 heavy (non-hydrogen) atoms. The first kappa shape index (κ1) is 21.8. The zero-order valence-electron chi connectivity index (χ0n) is 17.8. The Kier molecular flexibility index (Phi) is 6.17. The summed E-state index contributed by atoms with van der Waals surface area (Å²) in [7, 11) is 0. The van der Waals surface area contributed by atoms with Crippen LogP contribution in [0.25, 0.3) is 0 Å². The van der Waals surface area contributed by atoms with E-state index in [1.165, 1.54) is 11.3 Å². The van der Waals surface area contributed by atoms with Gasteiger partial charge in [0.05, 0.1) is 9.88 Å². The van der Waals surface area contributed by atoms with Crippen LogP contribution in [-0.4, -0.2) is 48.8 Å². The summed E-state index contributed by atoms with van der Waals surface area (Å²) in [6.07, 6.45) is 0. The largest absolute Gasteiger partial charge is 0.368 e. The Hall–Kier alpha value is -2.87. The highest BCUT2D eigenvalue weighted by atomic mass is 32.1. The van der Waals surface area contributed by atoms with E-state index in [-0.39, 0.29) is 11.8 Å². The van der Waals surface area contributed by atoms with Crippen LogP contribution >= 0.6 is 11.3 Å². The molecule has 160 valence electrons. The number of thiophene rings is 1. The monoisotopic (exact) mass is 428 g/mol. The van der Waals surface area contributed by atoms with Crippen molar-refractivity contribution in [2.24, 2.45) is 11.1 Å². The molecule has 2 aromatic rings. The first-order valence-electron chi connectivity index (χ1n) is 9.92. The molecule has 7 nitrogen and oxygen atoms in total. The number of nitrogens with one attached hydrogen (secondary N) is 1. The van der Waals surface area contributed by atoms with Crippen molar-refractivity contribution < 1.29 is 14.4 Å². The highest BCUT2D eigenvalue weighted by molar-refractivity contribution is 7.18. The van der Waals surface area contributed by atoms with Crippen LogP contribution in [0.1, 0.15) is 46.4 Å². The number of amides is 3. The SMILES string of the molecule is Cc1cc(NC(=O)C(C)(C)C)sc1C(=O)N1CCN(c2ccc(C(N)=O)cc2)CC1. The van der Waals surface area contributed by atoms with Gasteiger partial charge in [-0.15, -0.1) is 11.3 Å². The number of carbonyl (C=O) groups excluding carboxylic acids is 3. The Morgan fingerprint density at radius 1 is 1.03 bits per heavy atom. The molecule has 0 atom stereocenters. The molecule has 3 amide bonds. The lowest BCUT2D eigenvalue weighted by Gasteiger charge is -2.36. The molecular weight excluding hydrogens is 400 g/mol. The van der Waals surface area contributed by atoms with Crippen molar-refractivity contribution in [1.82, 2.24) is 4.90 Å². The summed E-state index contributed by atoms with van der Waals surface area (Å²) in [6.45, 7) is 10.1. The minimum atomic E-state index is -0.492. The lowest BCUT2D eigenvalue weighted by molar-refractivity contribution is -0.123. The summed E-state index contributed by atoms with van der Waals surface area (Å²) in [6, 6.07) is 9.06. The Balaban J connectivity index is 1.62. The molecule has 1 aromatic heterocycles. The Morgan fingerprint density at radius 3 is 2.17 bits per heavy atom. The lowest BCUT2D eigenvalue weighted by Crippen LogP contribution is -2.48. The summed E-state index contributed by atoms with van der Waals surface area (Å²) in [4.78, 5) is 41.2. The van der Waals surface area contributed by atoms with E-state index in [0.29, 0.717) is 41.6 Å². The Bertz CT molecular complexity index is 952. The molecule has 0 bridgehead atoms. The molecule has 1 aromatic carbocycles. The zero-order chi connectivity index (χ0) is 22.1. The van der Waals surface area contributed by atoms with E-state index >= 15 is 0 Å². The van der Waals surface area contributed by atoms with Gasteiger partial charge in [-0.3, -0.25) is 14.4 Å². The molecule has 1 saturated heterocycles. The lowest BCUT2D eigenvalue weighted by atomic mass is 9.96. The number of aryl methyl sites for hydroxylation is 1. The van der Waals surface area contributed by atoms with Crippen molar-refractivity contribution >= 4 is 39.7 Å². The van der Waals surface area contributed by atoms with Crippen LogP contribution in [0, 0.1) is 12.3 Å². The van der Waals surface area contributed by atoms with Crippen molar-refractivity contribution in [2.45, 2.75) is 27.7 Å². The van der Waals surface area contributed by atoms with Gasteiger partial charge >= 0.3 is 0 Å². The van der Waals surface area contributed by atoms with Gasteiger partial charge in [-0.2, -0.15) is 0 Å². The number of carbonyl (C=O) groups is 3. The molecule has 8 heteroatoms. The summed E-state index contributed by atoms with van der Waals surface area (Å²) in [5.74, 6) is -0.516. The Labute approximate surface area is 180 Å². The molecule has 3 N–H and O–H groups in total. The zero-order valence-corrected chi connectivity index (χ0v) is 18.6. The van der Waals surface area contributed by atoms with Gasteiger partial charge in [0.25, 0.3) is 5.91 Å². The molecule has 0 aliphatic carbocycles. The van der Waals surface area contributed by atoms with E-state index in [0.717, 1.165) is 11.3 Å². The number of hydrogen-bond donors (Lipinski definition) is 2. The molecule has 0 spiro atoms. The second-order valence-electron chi connectivity index (χ2n) is 8.52. The topological polar surface area (TPSA) is 95.7 Å². The minimum absolute atomic E-state index is 0.00233. The van der Waals surface area contributed by atoms with E-state index in [1.807, 2.05) is 50.8 Å². The molecule has 0 unspecified atom stereocenters. The van der Waals surface area contributed by atoms with E-state index in [1.54, 1.807) is 12.1 Å². The normalized spacial score (nSPS) is 14.5. The van der Waals surface area contributed by atoms with Crippen LogP contribution in [-0.2, 0) is 4.79 Å². The summed E-state index contributed by atoms with van der Waals surface area (Å²) >= 11 is 1.33. The quantitative estimate of drug-likeness (QED) is 0.782. The van der Waals surface area contributed by atoms with E-state index in [4.69, 9.17) is 5.73 Å². The third-order valence-electron chi connectivity index (χ3n) is 5.11. The van der Waals surface area contributed by atoms with Gasteiger partial charge in [-0.1, -0.05) is 20.8 Å². The van der Waals surface area contributed by atoms with Crippen molar-refractivity contribution in [1.29, 1.82) is 0 Å². The van der Waals surface area contributed by atoms with Crippen LogP contribution in [0.4, 0.5) is 10.7 Å². The second kappa shape index (κ2) is 8.47. The van der Waals surface area contributed by atoms with Crippen LogP contribution < -0.4 is 16.0 Å². The molecule has 2 heterocycles. The second-order valence-corrected chi connectivity index (χ2v) is 9.57. The average Bonchev–Trinajstić information content (AvgIpc) is 3.07. The van der Waals surface area contributed by atoms with Crippen molar-refractivity contribution in [3.05, 3.63) is 46.3 Å². The van der Waals surface area contributed by atoms with Crippen molar-refractivity contribution in [3.8, 4) is 0 Å². The van der Waals surface area contributed by atoms with Gasteiger partial charge in [-0.05, 0) is 42.8 Å². The fourth-order valence-corrected chi connectivity index (χ4v) is 4.24. The predicted molar refractivity (Wildman–Crippen MR) is 120 cm³/mol. The smallest absolute Gasteiger partial charge is 0.264 e. The molecular formula is C22H28N4O3S. The number of hydrogen-bond acceptors (Lipinski definition) is 5. The standard InChI is InChI=1S/C22H28N4O3S/c1-14-13-17(24-21(29)22(2,3)4)30-18(14)20(28)26-11-9-25(10-12-26)16-7-5-15(6-8-16)19(23)27/h5-8,13H,9-12H2,1-4H3,(H2,23,27)(H,24,29). The van der Waals surface area contributed by atoms with Gasteiger partial charge in [0.15, 0.2) is 0 Å². The maximum absolute atomic E-state index is 13.0. The van der Waals surface area contributed by atoms with E-state index in [2.05, 4.69) is 10.2 Å².